The minimum Gasteiger partial charge on any atom is -0.481 e. The molecule has 0 radical (unpaired) electrons. The summed E-state index contributed by atoms with van der Waals surface area (Å²) in [7, 11) is 13.2. The molecule has 4 saturated carbocycles. The average molecular weight is 845 g/mol. The number of carbonyl (C=O) groups is 1. The van der Waals surface area contributed by atoms with Gasteiger partial charge in [0.05, 0.1) is 31.5 Å². The van der Waals surface area contributed by atoms with Crippen molar-refractivity contribution in [2.24, 2.45) is 46.3 Å². The zero-order valence-corrected chi connectivity index (χ0v) is 37.4. The molecule has 59 heavy (non-hydrogen) atoms. The molecule has 2 saturated heterocycles. The van der Waals surface area contributed by atoms with Crippen molar-refractivity contribution in [2.75, 3.05) is 70.1 Å². The Hall–Kier alpha value is -1.05. The molecule has 0 spiro atoms. The van der Waals surface area contributed by atoms with E-state index in [1.165, 1.54) is 0 Å². The van der Waals surface area contributed by atoms with Gasteiger partial charge in [-0.25, -0.2) is 0 Å². The fraction of sp³-hybridized carbons (Fsp3) is 0.977. The Morgan fingerprint density at radius 2 is 1.24 bits per heavy atom. The van der Waals surface area contributed by atoms with Gasteiger partial charge < -0.3 is 67.1 Å². The van der Waals surface area contributed by atoms with Gasteiger partial charge in [0.25, 0.3) is 0 Å². The molecule has 342 valence electrons. The van der Waals surface area contributed by atoms with Crippen LogP contribution in [0.5, 0.6) is 0 Å². The minimum absolute atomic E-state index is 0.0918. The standard InChI is InChI=1S/C44H76O15/c1-23(12-15-33(46)47)26-13-14-27-34-28(20-32(44(26,27)3)59-42-40(55-11)38(53-9)36(51-7)31(58-42)22-49-5)43(2)17-16-25(45)18-24(43)19-29(34)56-41-39(54-10)37(52-8)35(50-6)30(57-41)21-48-4/h23-32,34-42,45H,12-22H2,1-11H3,(H,46,47)/t23-,24+,25-,26-,27+,28+,29-,30-,31-,32+,34+,35-,36-,37+,38+,39-,40-,41+,42-,43+,44-/m1/s1. The van der Waals surface area contributed by atoms with Gasteiger partial charge >= 0.3 is 5.97 Å². The van der Waals surface area contributed by atoms with Gasteiger partial charge in [0.2, 0.25) is 0 Å². The van der Waals surface area contributed by atoms with Gasteiger partial charge in [-0.2, -0.15) is 0 Å². The second-order valence-electron chi connectivity index (χ2n) is 18.8. The topological polar surface area (TPSA) is 168 Å². The highest BCUT2D eigenvalue weighted by molar-refractivity contribution is 5.66. The van der Waals surface area contributed by atoms with E-state index in [9.17, 15) is 15.0 Å². The van der Waals surface area contributed by atoms with Crippen molar-refractivity contribution in [1.82, 2.24) is 0 Å². The summed E-state index contributed by atoms with van der Waals surface area (Å²) in [4.78, 5) is 11.9. The number of methoxy groups -OCH3 is 8. The second kappa shape index (κ2) is 20.2. The molecule has 0 unspecified atom stereocenters. The van der Waals surface area contributed by atoms with Gasteiger partial charge in [-0.05, 0) is 92.3 Å². The fourth-order valence-electron chi connectivity index (χ4n) is 13.5. The molecule has 0 aromatic rings. The van der Waals surface area contributed by atoms with Gasteiger partial charge in [0.15, 0.2) is 12.6 Å². The van der Waals surface area contributed by atoms with Crippen LogP contribution in [0.2, 0.25) is 0 Å². The minimum atomic E-state index is -0.787. The van der Waals surface area contributed by atoms with Crippen molar-refractivity contribution < 1.29 is 71.8 Å². The largest absolute Gasteiger partial charge is 0.481 e. The molecule has 6 aliphatic rings. The molecular weight excluding hydrogens is 768 g/mol. The van der Waals surface area contributed by atoms with E-state index in [1.54, 1.807) is 56.9 Å². The highest BCUT2D eigenvalue weighted by Crippen LogP contribution is 2.69. The molecule has 0 bridgehead atoms. The van der Waals surface area contributed by atoms with E-state index in [0.717, 1.165) is 38.5 Å². The quantitative estimate of drug-likeness (QED) is 0.187. The lowest BCUT2D eigenvalue weighted by Gasteiger charge is -2.65. The van der Waals surface area contributed by atoms with Crippen molar-refractivity contribution >= 4 is 5.97 Å². The van der Waals surface area contributed by atoms with Gasteiger partial charge in [-0.15, -0.1) is 0 Å². The molecule has 6 fully saturated rings. The molecule has 6 rings (SSSR count). The Morgan fingerprint density at radius 1 is 0.695 bits per heavy atom. The van der Waals surface area contributed by atoms with E-state index in [4.69, 9.17) is 56.8 Å². The molecule has 2 heterocycles. The predicted molar refractivity (Wildman–Crippen MR) is 214 cm³/mol. The molecule has 15 nitrogen and oxygen atoms in total. The summed E-state index contributed by atoms with van der Waals surface area (Å²) in [6, 6.07) is 0. The number of carboxylic acid groups (broad SMARTS) is 1. The average Bonchev–Trinajstić information content (AvgIpc) is 3.58. The second-order valence-corrected chi connectivity index (χ2v) is 18.8. The highest BCUT2D eigenvalue weighted by Gasteiger charge is 2.68. The molecule has 2 N–H and O–H groups in total. The molecular formula is C44H76O15. The first-order valence-electron chi connectivity index (χ1n) is 22.0. The zero-order chi connectivity index (χ0) is 42.8. The Labute approximate surface area is 352 Å². The number of fused-ring (bicyclic) bond motifs is 5. The molecule has 0 aromatic carbocycles. The van der Waals surface area contributed by atoms with Crippen molar-refractivity contribution in [3.8, 4) is 0 Å². The van der Waals surface area contributed by atoms with E-state index < -0.39 is 67.4 Å². The van der Waals surface area contributed by atoms with Gasteiger partial charge in [0, 0.05) is 68.7 Å². The Morgan fingerprint density at radius 3 is 1.75 bits per heavy atom. The summed E-state index contributed by atoms with van der Waals surface area (Å²) < 4.78 is 75.6. The lowest BCUT2D eigenvalue weighted by molar-refractivity contribution is -0.353. The first-order chi connectivity index (χ1) is 28.3. The zero-order valence-electron chi connectivity index (χ0n) is 37.4. The van der Waals surface area contributed by atoms with Crippen LogP contribution in [0.4, 0.5) is 0 Å². The van der Waals surface area contributed by atoms with Crippen molar-refractivity contribution in [2.45, 2.75) is 158 Å². The molecule has 21 atom stereocenters. The maximum atomic E-state index is 11.9. The Balaban J connectivity index is 1.42. The molecule has 15 heteroatoms. The number of hydrogen-bond acceptors (Lipinski definition) is 14. The summed E-state index contributed by atoms with van der Waals surface area (Å²) >= 11 is 0. The number of aliphatic hydroxyl groups is 1. The lowest BCUT2D eigenvalue weighted by atomic mass is 9.43. The third-order valence-corrected chi connectivity index (χ3v) is 16.4. The molecule has 0 aromatic heterocycles. The van der Waals surface area contributed by atoms with Crippen LogP contribution in [0.15, 0.2) is 0 Å². The van der Waals surface area contributed by atoms with Crippen molar-refractivity contribution in [3.63, 3.8) is 0 Å². The Bertz CT molecular complexity index is 1340. The van der Waals surface area contributed by atoms with Crippen LogP contribution in [0.3, 0.4) is 0 Å². The number of carboxylic acids is 1. The van der Waals surface area contributed by atoms with Gasteiger partial charge in [0.1, 0.15) is 48.8 Å². The van der Waals surface area contributed by atoms with E-state index in [0.29, 0.717) is 19.4 Å². The smallest absolute Gasteiger partial charge is 0.303 e. The van der Waals surface area contributed by atoms with E-state index in [2.05, 4.69) is 20.8 Å². The Kier molecular flexibility index (Phi) is 16.2. The highest BCUT2D eigenvalue weighted by atomic mass is 16.7. The molecule has 0 amide bonds. The summed E-state index contributed by atoms with van der Waals surface area (Å²) in [5.74, 6) is 0.153. The maximum absolute atomic E-state index is 11.9. The first-order valence-corrected chi connectivity index (χ1v) is 22.0. The number of hydrogen-bond donors (Lipinski definition) is 2. The van der Waals surface area contributed by atoms with Gasteiger partial charge in [-0.3, -0.25) is 4.79 Å². The monoisotopic (exact) mass is 845 g/mol. The normalized spacial score (nSPS) is 47.9. The SMILES string of the molecule is COC[C@H]1O[C@H](O[C@@H]2C[C@@H]3C[C@H](O)CC[C@]3(C)[C@H]3C[C@H](O[C@H]4O[C@H](COC)[C@@H](OC)[C@H](OC)[C@H]4OC)[C@]4(C)[C@@H]([C@H](C)CCC(=O)O)CC[C@H]4[C@H]23)[C@H](OC)[C@@H](OC)[C@@H]1OC. The van der Waals surface area contributed by atoms with E-state index in [-0.39, 0.29) is 77.7 Å². The third-order valence-electron chi connectivity index (χ3n) is 16.4. The predicted octanol–water partition coefficient (Wildman–Crippen LogP) is 4.33. The summed E-state index contributed by atoms with van der Waals surface area (Å²) in [5, 5.41) is 20.9. The maximum Gasteiger partial charge on any atom is 0.303 e. The number of rotatable bonds is 18. The lowest BCUT2D eigenvalue weighted by Crippen LogP contribution is -2.67. The van der Waals surface area contributed by atoms with Crippen LogP contribution in [0.1, 0.15) is 78.6 Å². The van der Waals surface area contributed by atoms with Crippen LogP contribution in [-0.2, 0) is 61.6 Å². The first kappa shape index (κ1) is 47.4. The van der Waals surface area contributed by atoms with Gasteiger partial charge in [-0.1, -0.05) is 20.8 Å². The summed E-state index contributed by atoms with van der Waals surface area (Å²) in [6.07, 6.45) is 0.0919. The van der Waals surface area contributed by atoms with Crippen molar-refractivity contribution in [1.29, 1.82) is 0 Å². The van der Waals surface area contributed by atoms with Crippen molar-refractivity contribution in [3.05, 3.63) is 0 Å². The van der Waals surface area contributed by atoms with Crippen LogP contribution >= 0.6 is 0 Å². The number of ether oxygens (including phenoxy) is 12. The summed E-state index contributed by atoms with van der Waals surface area (Å²) in [6.45, 7) is 7.59. The number of aliphatic carboxylic acids is 1. The van der Waals surface area contributed by atoms with E-state index in [1.807, 2.05) is 0 Å². The van der Waals surface area contributed by atoms with Crippen LogP contribution in [-0.4, -0.2) is 166 Å². The molecule has 4 aliphatic carbocycles. The number of aliphatic hydroxyl groups excluding tert-OH is 1. The third kappa shape index (κ3) is 8.91. The van der Waals surface area contributed by atoms with Crippen LogP contribution < -0.4 is 0 Å². The van der Waals surface area contributed by atoms with E-state index >= 15 is 0 Å². The summed E-state index contributed by atoms with van der Waals surface area (Å²) in [5.41, 5.74) is -0.481. The van der Waals surface area contributed by atoms with Crippen LogP contribution in [0, 0.1) is 46.3 Å². The van der Waals surface area contributed by atoms with Crippen LogP contribution in [0.25, 0.3) is 0 Å². The molecule has 2 aliphatic heterocycles. The fourth-order valence-corrected chi connectivity index (χ4v) is 13.5.